The predicted molar refractivity (Wildman–Crippen MR) is 34.8 cm³/mol. The van der Waals surface area contributed by atoms with Gasteiger partial charge in [-0.05, 0) is 6.44 Å². The Kier molecular flexibility index (Phi) is 10.2. The first-order chi connectivity index (χ1) is 4.99. The number of rotatable bonds is 5. The number of hydrogen-bond donors (Lipinski definition) is 2. The minimum absolute atomic E-state index is 0. The van der Waals surface area contributed by atoms with E-state index in [1.54, 1.807) is 0 Å². The zero-order valence-corrected chi connectivity index (χ0v) is 10.0. The van der Waals surface area contributed by atoms with E-state index >= 15 is 0 Å². The van der Waals surface area contributed by atoms with Crippen LogP contribution < -0.4 is 51.4 Å². The molecule has 0 atom stereocenters. The van der Waals surface area contributed by atoms with Gasteiger partial charge in [0.15, 0.2) is 0 Å². The summed E-state index contributed by atoms with van der Waals surface area (Å²) in [6, 6.07) is 0. The topological polar surface area (TPSA) is 43.7 Å². The molecule has 0 saturated heterocycles. The van der Waals surface area contributed by atoms with E-state index in [0.717, 1.165) is 4.90 Å². The fourth-order valence-electron chi connectivity index (χ4n) is 0.654. The average molecular weight is 211 g/mol. The van der Waals surface area contributed by atoms with Crippen molar-refractivity contribution in [2.45, 2.75) is 0 Å². The van der Waals surface area contributed by atoms with Crippen LogP contribution in [-0.4, -0.2) is 48.4 Å². The Morgan fingerprint density at radius 1 is 1.17 bits per heavy atom. The molecule has 0 radical (unpaired) electrons. The zero-order chi connectivity index (χ0) is 8.91. The van der Waals surface area contributed by atoms with Crippen LogP contribution in [0.3, 0.4) is 0 Å². The Balaban J connectivity index is 0. The Labute approximate surface area is 111 Å². The van der Waals surface area contributed by atoms with Crippen molar-refractivity contribution in [3.63, 3.8) is 0 Å². The van der Waals surface area contributed by atoms with E-state index in [9.17, 15) is 12.9 Å². The van der Waals surface area contributed by atoms with Crippen molar-refractivity contribution in [1.82, 2.24) is 4.90 Å². The van der Waals surface area contributed by atoms with Crippen molar-refractivity contribution < 1.29 is 74.5 Å². The van der Waals surface area contributed by atoms with Gasteiger partial charge in [0.2, 0.25) is 0 Å². The molecule has 0 rings (SSSR count). The summed E-state index contributed by atoms with van der Waals surface area (Å²) in [6.45, 7) is -6.12. The van der Waals surface area contributed by atoms with Crippen LogP contribution in [0.4, 0.5) is 12.9 Å². The van der Waals surface area contributed by atoms with Crippen molar-refractivity contribution >= 4 is 6.98 Å². The number of hydrogen-bond acceptors (Lipinski definition) is 3. The number of aliphatic hydroxyl groups excluding tert-OH is 2. The summed E-state index contributed by atoms with van der Waals surface area (Å²) in [5.41, 5.74) is 0. The number of nitrogens with zero attached hydrogens (tertiary/aromatic N) is 1. The van der Waals surface area contributed by atoms with Crippen molar-refractivity contribution in [1.29, 1.82) is 0 Å². The third-order valence-electron chi connectivity index (χ3n) is 1.08. The van der Waals surface area contributed by atoms with Crippen LogP contribution in [0.2, 0.25) is 0 Å². The van der Waals surface area contributed by atoms with Crippen LogP contribution in [0.25, 0.3) is 0 Å². The standard InChI is InChI=1S/C4H10BF3NO2.K/c6-5(7,8)3-9(4-11)1-2-10;/h10-11H,1-4H2;/q-1;+1. The molecule has 0 fully saturated rings. The van der Waals surface area contributed by atoms with Gasteiger partial charge in [0.05, 0.1) is 13.3 Å². The molecule has 0 aromatic rings. The molecule has 0 spiro atoms. The third kappa shape index (κ3) is 9.46. The van der Waals surface area contributed by atoms with Crippen LogP contribution >= 0.6 is 0 Å². The molecule has 12 heavy (non-hydrogen) atoms. The normalized spacial score (nSPS) is 11.5. The van der Waals surface area contributed by atoms with Crippen molar-refractivity contribution in [3.05, 3.63) is 0 Å². The van der Waals surface area contributed by atoms with Gasteiger partial charge in [-0.3, -0.25) is 0 Å². The summed E-state index contributed by atoms with van der Waals surface area (Å²) in [4.78, 5) is 0.722. The summed E-state index contributed by atoms with van der Waals surface area (Å²) in [6.07, 6.45) is -1.13. The minimum atomic E-state index is -4.91. The maximum atomic E-state index is 11.6. The first-order valence-corrected chi connectivity index (χ1v) is 3.14. The van der Waals surface area contributed by atoms with Crippen LogP contribution in [-0.2, 0) is 0 Å². The van der Waals surface area contributed by atoms with Gasteiger partial charge in [-0.15, -0.1) is 0 Å². The first-order valence-electron chi connectivity index (χ1n) is 3.14. The Hall–Kier alpha value is 1.37. The average Bonchev–Trinajstić information content (AvgIpc) is 1.84. The van der Waals surface area contributed by atoms with Gasteiger partial charge in [-0.25, -0.2) is 0 Å². The van der Waals surface area contributed by atoms with Gasteiger partial charge in [-0.2, -0.15) is 0 Å². The van der Waals surface area contributed by atoms with Gasteiger partial charge < -0.3 is 28.1 Å². The molecule has 0 aliphatic heterocycles. The van der Waals surface area contributed by atoms with Crippen LogP contribution in [0.5, 0.6) is 0 Å². The second-order valence-electron chi connectivity index (χ2n) is 2.15. The second-order valence-corrected chi connectivity index (χ2v) is 2.15. The first kappa shape index (κ1) is 15.8. The van der Waals surface area contributed by atoms with E-state index in [1.807, 2.05) is 0 Å². The number of aliphatic hydroxyl groups is 2. The molecule has 0 saturated carbocycles. The van der Waals surface area contributed by atoms with Crippen LogP contribution in [0.15, 0.2) is 0 Å². The van der Waals surface area contributed by atoms with E-state index < -0.39 is 20.2 Å². The second kappa shape index (κ2) is 7.75. The molecule has 0 amide bonds. The molecule has 3 nitrogen and oxygen atoms in total. The molecule has 0 unspecified atom stereocenters. The van der Waals surface area contributed by atoms with Gasteiger partial charge in [0.1, 0.15) is 0 Å². The van der Waals surface area contributed by atoms with Gasteiger partial charge in [-0.1, -0.05) is 0 Å². The molecule has 68 valence electrons. The van der Waals surface area contributed by atoms with E-state index in [0.29, 0.717) is 0 Å². The fourth-order valence-corrected chi connectivity index (χ4v) is 0.654. The van der Waals surface area contributed by atoms with Crippen LogP contribution in [0, 0.1) is 0 Å². The van der Waals surface area contributed by atoms with Gasteiger partial charge in [0.25, 0.3) is 0 Å². The van der Waals surface area contributed by atoms with E-state index in [-0.39, 0.29) is 64.5 Å². The molecule has 2 N–H and O–H groups in total. The summed E-state index contributed by atoms with van der Waals surface area (Å²) >= 11 is 0. The van der Waals surface area contributed by atoms with Gasteiger partial charge >= 0.3 is 58.4 Å². The molecule has 0 aliphatic rings. The maximum absolute atomic E-state index is 11.6. The molecule has 0 bridgehead atoms. The van der Waals surface area contributed by atoms with Crippen molar-refractivity contribution in [3.8, 4) is 0 Å². The van der Waals surface area contributed by atoms with Crippen molar-refractivity contribution in [2.75, 3.05) is 26.3 Å². The summed E-state index contributed by atoms with van der Waals surface area (Å²) in [5, 5.41) is 16.6. The minimum Gasteiger partial charge on any atom is -0.448 e. The van der Waals surface area contributed by atoms with Gasteiger partial charge in [0, 0.05) is 6.54 Å². The van der Waals surface area contributed by atoms with Crippen molar-refractivity contribution in [2.24, 2.45) is 0 Å². The number of halogens is 3. The fraction of sp³-hybridized carbons (Fsp3) is 1.00. The molecule has 8 heteroatoms. The largest absolute Gasteiger partial charge is 1.00 e. The smallest absolute Gasteiger partial charge is 0.448 e. The third-order valence-corrected chi connectivity index (χ3v) is 1.08. The predicted octanol–water partition coefficient (Wildman–Crippen LogP) is -3.38. The molecule has 0 aromatic heterocycles. The molecular formula is C4H10BF3KNO2. The summed E-state index contributed by atoms with van der Waals surface area (Å²) < 4.78 is 34.9. The SMILES string of the molecule is OCCN(CO)C[B-](F)(F)F.[K+]. The van der Waals surface area contributed by atoms with E-state index in [2.05, 4.69) is 0 Å². The molecular weight excluding hydrogens is 201 g/mol. The quantitative estimate of drug-likeness (QED) is 0.368. The summed E-state index contributed by atoms with van der Waals surface area (Å²) in [5.74, 6) is 0. The molecule has 0 aromatic carbocycles. The maximum Gasteiger partial charge on any atom is 1.00 e. The van der Waals surface area contributed by atoms with E-state index in [1.165, 1.54) is 0 Å². The monoisotopic (exact) mass is 211 g/mol. The molecule has 0 heterocycles. The Bertz CT molecular complexity index is 115. The zero-order valence-electron chi connectivity index (χ0n) is 6.88. The van der Waals surface area contributed by atoms with E-state index in [4.69, 9.17) is 10.2 Å². The Morgan fingerprint density at radius 3 is 1.92 bits per heavy atom. The van der Waals surface area contributed by atoms with Crippen LogP contribution in [0.1, 0.15) is 0 Å². The summed E-state index contributed by atoms with van der Waals surface area (Å²) in [7, 11) is 0. The Morgan fingerprint density at radius 2 is 1.67 bits per heavy atom. The molecule has 0 aliphatic carbocycles.